The van der Waals surface area contributed by atoms with Crippen LogP contribution in [0.1, 0.15) is 23.7 Å². The van der Waals surface area contributed by atoms with Crippen molar-refractivity contribution in [3.05, 3.63) is 75.7 Å². The van der Waals surface area contributed by atoms with E-state index in [0.29, 0.717) is 22.6 Å². The lowest BCUT2D eigenvalue weighted by molar-refractivity contribution is 0.835. The monoisotopic (exact) mass is 373 g/mol. The molecule has 0 spiro atoms. The molecule has 140 valence electrons. The van der Waals surface area contributed by atoms with Gasteiger partial charge in [-0.25, -0.2) is 4.68 Å². The van der Waals surface area contributed by atoms with E-state index in [-0.39, 0.29) is 5.56 Å². The molecule has 0 saturated heterocycles. The predicted octanol–water partition coefficient (Wildman–Crippen LogP) is 2.97. The highest BCUT2D eigenvalue weighted by Gasteiger charge is 2.16. The average Bonchev–Trinajstić information content (AvgIpc) is 3.35. The molecule has 2 aromatic carbocycles. The SMILES string of the molecule is CCc1ccccc1N=Cc1c(C)[nH]n(-c2ccccc2-c2nn[nH]n2)c1=O. The van der Waals surface area contributed by atoms with Gasteiger partial charge in [0, 0.05) is 17.5 Å². The van der Waals surface area contributed by atoms with Crippen LogP contribution in [-0.4, -0.2) is 36.6 Å². The van der Waals surface area contributed by atoms with Crippen LogP contribution in [-0.2, 0) is 6.42 Å². The number of hydrogen-bond acceptors (Lipinski definition) is 5. The molecule has 0 atom stereocenters. The van der Waals surface area contributed by atoms with E-state index in [4.69, 9.17) is 0 Å². The molecule has 0 radical (unpaired) electrons. The van der Waals surface area contributed by atoms with Crippen LogP contribution in [0.5, 0.6) is 0 Å². The summed E-state index contributed by atoms with van der Waals surface area (Å²) in [4.78, 5) is 17.6. The number of aryl methyl sites for hydroxylation is 2. The van der Waals surface area contributed by atoms with Gasteiger partial charge in [0.25, 0.3) is 5.56 Å². The number of hydrogen-bond donors (Lipinski definition) is 2. The first-order valence-corrected chi connectivity index (χ1v) is 8.96. The van der Waals surface area contributed by atoms with Gasteiger partial charge in [-0.2, -0.15) is 5.21 Å². The van der Waals surface area contributed by atoms with E-state index < -0.39 is 0 Å². The normalized spacial score (nSPS) is 11.4. The fraction of sp³-hybridized carbons (Fsp3) is 0.150. The van der Waals surface area contributed by atoms with Crippen LogP contribution in [0, 0.1) is 6.92 Å². The highest BCUT2D eigenvalue weighted by Crippen LogP contribution is 2.22. The Morgan fingerprint density at radius 3 is 2.71 bits per heavy atom. The lowest BCUT2D eigenvalue weighted by Gasteiger charge is -2.06. The Labute approximate surface area is 160 Å². The minimum absolute atomic E-state index is 0.189. The molecule has 0 saturated carbocycles. The topological polar surface area (TPSA) is 105 Å². The fourth-order valence-corrected chi connectivity index (χ4v) is 3.08. The van der Waals surface area contributed by atoms with Crippen molar-refractivity contribution in [2.75, 3.05) is 0 Å². The second kappa shape index (κ2) is 7.43. The van der Waals surface area contributed by atoms with Gasteiger partial charge in [0.1, 0.15) is 0 Å². The summed E-state index contributed by atoms with van der Waals surface area (Å²) in [6, 6.07) is 15.3. The molecule has 0 amide bonds. The van der Waals surface area contributed by atoms with Crippen molar-refractivity contribution in [1.82, 2.24) is 30.4 Å². The van der Waals surface area contributed by atoms with Crippen LogP contribution in [0.25, 0.3) is 17.1 Å². The Bertz CT molecular complexity index is 1190. The zero-order chi connectivity index (χ0) is 19.5. The summed E-state index contributed by atoms with van der Waals surface area (Å²) in [5.74, 6) is 0.418. The van der Waals surface area contributed by atoms with Crippen molar-refractivity contribution in [2.45, 2.75) is 20.3 Å². The Morgan fingerprint density at radius 2 is 1.93 bits per heavy atom. The van der Waals surface area contributed by atoms with Crippen LogP contribution >= 0.6 is 0 Å². The Morgan fingerprint density at radius 1 is 1.14 bits per heavy atom. The summed E-state index contributed by atoms with van der Waals surface area (Å²) in [5.41, 5.74) is 4.38. The lowest BCUT2D eigenvalue weighted by Crippen LogP contribution is -2.18. The van der Waals surface area contributed by atoms with Crippen molar-refractivity contribution in [1.29, 1.82) is 0 Å². The van der Waals surface area contributed by atoms with Crippen LogP contribution < -0.4 is 5.56 Å². The third-order valence-corrected chi connectivity index (χ3v) is 4.55. The van der Waals surface area contributed by atoms with Crippen molar-refractivity contribution < 1.29 is 0 Å². The predicted molar refractivity (Wildman–Crippen MR) is 107 cm³/mol. The molecule has 4 aromatic rings. The first kappa shape index (κ1) is 17.6. The number of benzene rings is 2. The third-order valence-electron chi connectivity index (χ3n) is 4.55. The second-order valence-electron chi connectivity index (χ2n) is 6.28. The largest absolute Gasteiger partial charge is 0.295 e. The quantitative estimate of drug-likeness (QED) is 0.525. The van der Waals surface area contributed by atoms with Gasteiger partial charge >= 0.3 is 0 Å². The van der Waals surface area contributed by atoms with E-state index in [1.807, 2.05) is 55.5 Å². The second-order valence-corrected chi connectivity index (χ2v) is 6.28. The number of aromatic amines is 2. The smallest absolute Gasteiger partial charge is 0.280 e. The highest BCUT2D eigenvalue weighted by atomic mass is 16.1. The number of aromatic nitrogens is 6. The number of nitrogens with one attached hydrogen (secondary N) is 2. The van der Waals surface area contributed by atoms with Crippen LogP contribution in [0.3, 0.4) is 0 Å². The maximum Gasteiger partial charge on any atom is 0.280 e. The van der Waals surface area contributed by atoms with Gasteiger partial charge in [0.15, 0.2) is 0 Å². The number of para-hydroxylation sites is 2. The van der Waals surface area contributed by atoms with Crippen LogP contribution in [0.2, 0.25) is 0 Å². The summed E-state index contributed by atoms with van der Waals surface area (Å²) in [6.07, 6.45) is 2.50. The molecule has 2 heterocycles. The molecule has 0 aliphatic carbocycles. The number of aliphatic imine (C=N–C) groups is 1. The maximum atomic E-state index is 13.1. The van der Waals surface area contributed by atoms with Gasteiger partial charge in [-0.05, 0) is 42.3 Å². The molecule has 0 unspecified atom stereocenters. The van der Waals surface area contributed by atoms with E-state index in [2.05, 4.69) is 37.6 Å². The zero-order valence-electron chi connectivity index (χ0n) is 15.5. The fourth-order valence-electron chi connectivity index (χ4n) is 3.08. The minimum Gasteiger partial charge on any atom is -0.295 e. The summed E-state index contributed by atoms with van der Waals surface area (Å²) < 4.78 is 1.48. The molecule has 4 rings (SSSR count). The molecule has 2 aromatic heterocycles. The summed E-state index contributed by atoms with van der Waals surface area (Å²) in [6.45, 7) is 3.93. The maximum absolute atomic E-state index is 13.1. The molecule has 28 heavy (non-hydrogen) atoms. The average molecular weight is 373 g/mol. The van der Waals surface area contributed by atoms with Crippen molar-refractivity contribution in [3.8, 4) is 17.1 Å². The van der Waals surface area contributed by atoms with E-state index in [1.54, 1.807) is 6.21 Å². The molecule has 0 aliphatic heterocycles. The van der Waals surface area contributed by atoms with Crippen molar-refractivity contribution >= 4 is 11.9 Å². The van der Waals surface area contributed by atoms with Gasteiger partial charge in [0.2, 0.25) is 5.82 Å². The third kappa shape index (κ3) is 3.16. The van der Waals surface area contributed by atoms with Crippen LogP contribution in [0.4, 0.5) is 5.69 Å². The summed E-state index contributed by atoms with van der Waals surface area (Å²) >= 11 is 0. The molecule has 0 fully saturated rings. The van der Waals surface area contributed by atoms with Gasteiger partial charge in [-0.3, -0.25) is 14.9 Å². The number of tetrazole rings is 1. The molecule has 8 nitrogen and oxygen atoms in total. The summed E-state index contributed by atoms with van der Waals surface area (Å²) in [5, 5.41) is 17.2. The Hall–Kier alpha value is -3.81. The molecular formula is C20H19N7O. The highest BCUT2D eigenvalue weighted by molar-refractivity contribution is 5.83. The summed E-state index contributed by atoms with van der Waals surface area (Å²) in [7, 11) is 0. The number of nitrogens with zero attached hydrogens (tertiary/aromatic N) is 5. The zero-order valence-corrected chi connectivity index (χ0v) is 15.5. The van der Waals surface area contributed by atoms with Crippen molar-refractivity contribution in [3.63, 3.8) is 0 Å². The van der Waals surface area contributed by atoms with Gasteiger partial charge in [0.05, 0.1) is 16.9 Å². The number of H-pyrrole nitrogens is 2. The van der Waals surface area contributed by atoms with Crippen LogP contribution in [0.15, 0.2) is 58.3 Å². The van der Waals surface area contributed by atoms with Gasteiger partial charge < -0.3 is 0 Å². The molecule has 0 bridgehead atoms. The van der Waals surface area contributed by atoms with E-state index in [9.17, 15) is 4.79 Å². The Kier molecular flexibility index (Phi) is 4.67. The van der Waals surface area contributed by atoms with Crippen molar-refractivity contribution in [2.24, 2.45) is 4.99 Å². The van der Waals surface area contributed by atoms with Gasteiger partial charge in [-0.15, -0.1) is 10.2 Å². The first-order valence-electron chi connectivity index (χ1n) is 8.96. The molecule has 0 aliphatic rings. The minimum atomic E-state index is -0.189. The first-order chi connectivity index (χ1) is 13.7. The molecular weight excluding hydrogens is 354 g/mol. The Balaban J connectivity index is 1.78. The van der Waals surface area contributed by atoms with E-state index in [0.717, 1.165) is 23.4 Å². The van der Waals surface area contributed by atoms with E-state index in [1.165, 1.54) is 4.68 Å². The van der Waals surface area contributed by atoms with Gasteiger partial charge in [-0.1, -0.05) is 37.3 Å². The number of rotatable bonds is 5. The van der Waals surface area contributed by atoms with E-state index >= 15 is 0 Å². The standard InChI is InChI=1S/C20H19N7O/c1-3-14-8-4-6-10-17(14)21-12-16-13(2)24-27(20(16)28)18-11-7-5-9-15(18)19-22-25-26-23-19/h4-12,24H,3H2,1-2H3,(H,22,23,25,26). The lowest BCUT2D eigenvalue weighted by atomic mass is 10.1. The molecule has 8 heteroatoms. The molecule has 2 N–H and O–H groups in total.